The molecule has 0 amide bonds. The second kappa shape index (κ2) is 3.96. The van der Waals surface area contributed by atoms with E-state index in [4.69, 9.17) is 4.74 Å². The van der Waals surface area contributed by atoms with Crippen molar-refractivity contribution < 1.29 is 9.13 Å². The molecule has 1 heterocycles. The Morgan fingerprint density at radius 3 is 2.93 bits per heavy atom. The summed E-state index contributed by atoms with van der Waals surface area (Å²) in [5.74, 6) is 0.584. The number of hydrogen-bond acceptors (Lipinski definition) is 2. The van der Waals surface area contributed by atoms with Crippen molar-refractivity contribution in [2.45, 2.75) is 18.9 Å². The predicted octanol–water partition coefficient (Wildman–Crippen LogP) is 1.74. The molecule has 0 saturated carbocycles. The summed E-state index contributed by atoms with van der Waals surface area (Å²) < 4.78 is 18.2. The molecule has 2 rings (SSSR count). The van der Waals surface area contributed by atoms with Crippen molar-refractivity contribution in [3.05, 3.63) is 29.6 Å². The normalized spacial score (nSPS) is 20.3. The lowest BCUT2D eigenvalue weighted by atomic mass is 9.97. The second-order valence-corrected chi connectivity index (χ2v) is 3.60. The van der Waals surface area contributed by atoms with Crippen LogP contribution in [0.5, 0.6) is 5.75 Å². The summed E-state index contributed by atoms with van der Waals surface area (Å²) in [5.41, 5.74) is 0.949. The van der Waals surface area contributed by atoms with Crippen molar-refractivity contribution in [1.29, 1.82) is 0 Å². The predicted molar refractivity (Wildman–Crippen MR) is 53.1 cm³/mol. The maximum Gasteiger partial charge on any atom is 0.123 e. The highest BCUT2D eigenvalue weighted by Gasteiger charge is 2.18. The lowest BCUT2D eigenvalue weighted by Gasteiger charge is -2.28. The minimum atomic E-state index is -0.194. The smallest absolute Gasteiger partial charge is 0.123 e. The van der Waals surface area contributed by atoms with E-state index in [2.05, 4.69) is 5.32 Å². The fraction of sp³-hybridized carbons (Fsp3) is 0.455. The van der Waals surface area contributed by atoms with Crippen molar-refractivity contribution in [2.75, 3.05) is 13.7 Å². The van der Waals surface area contributed by atoms with Crippen molar-refractivity contribution in [3.63, 3.8) is 0 Å². The van der Waals surface area contributed by atoms with E-state index in [-0.39, 0.29) is 5.82 Å². The molecule has 0 radical (unpaired) electrons. The SMILES string of the molecule is COc1ccc(F)cc1CC1CCN1. The van der Waals surface area contributed by atoms with E-state index in [9.17, 15) is 4.39 Å². The zero-order valence-electron chi connectivity index (χ0n) is 8.22. The topological polar surface area (TPSA) is 21.3 Å². The molecule has 2 nitrogen and oxygen atoms in total. The zero-order valence-corrected chi connectivity index (χ0v) is 8.22. The van der Waals surface area contributed by atoms with Gasteiger partial charge in [0.05, 0.1) is 7.11 Å². The van der Waals surface area contributed by atoms with Gasteiger partial charge in [0.15, 0.2) is 0 Å². The van der Waals surface area contributed by atoms with E-state index in [0.717, 1.165) is 24.3 Å². The molecule has 0 spiro atoms. The van der Waals surface area contributed by atoms with Gasteiger partial charge >= 0.3 is 0 Å². The van der Waals surface area contributed by atoms with Gasteiger partial charge in [-0.2, -0.15) is 0 Å². The van der Waals surface area contributed by atoms with Crippen molar-refractivity contribution in [3.8, 4) is 5.75 Å². The molecule has 1 saturated heterocycles. The van der Waals surface area contributed by atoms with Gasteiger partial charge < -0.3 is 10.1 Å². The highest BCUT2D eigenvalue weighted by atomic mass is 19.1. The van der Waals surface area contributed by atoms with Crippen molar-refractivity contribution in [1.82, 2.24) is 5.32 Å². The van der Waals surface area contributed by atoms with Crippen molar-refractivity contribution in [2.24, 2.45) is 0 Å². The van der Waals surface area contributed by atoms with Gasteiger partial charge in [-0.1, -0.05) is 0 Å². The average Bonchev–Trinajstić information content (AvgIpc) is 2.12. The number of ether oxygens (including phenoxy) is 1. The average molecular weight is 195 g/mol. The molecular weight excluding hydrogens is 181 g/mol. The quantitative estimate of drug-likeness (QED) is 0.793. The van der Waals surface area contributed by atoms with Gasteiger partial charge in [0.1, 0.15) is 11.6 Å². The molecule has 1 fully saturated rings. The van der Waals surface area contributed by atoms with Gasteiger partial charge in [-0.3, -0.25) is 0 Å². The Morgan fingerprint density at radius 1 is 1.57 bits per heavy atom. The summed E-state index contributed by atoms with van der Waals surface area (Å²) >= 11 is 0. The van der Waals surface area contributed by atoms with Crippen LogP contribution in [0.2, 0.25) is 0 Å². The second-order valence-electron chi connectivity index (χ2n) is 3.60. The molecule has 0 aromatic heterocycles. The first-order chi connectivity index (χ1) is 6.79. The van der Waals surface area contributed by atoms with E-state index >= 15 is 0 Å². The minimum Gasteiger partial charge on any atom is -0.496 e. The molecule has 1 aromatic rings. The molecule has 1 aromatic carbocycles. The molecule has 1 N–H and O–H groups in total. The lowest BCUT2D eigenvalue weighted by molar-refractivity contribution is 0.357. The van der Waals surface area contributed by atoms with Crippen LogP contribution in [0.3, 0.4) is 0 Å². The number of hydrogen-bond donors (Lipinski definition) is 1. The first kappa shape index (κ1) is 9.46. The van der Waals surface area contributed by atoms with Crippen LogP contribution in [0.4, 0.5) is 4.39 Å². The summed E-state index contributed by atoms with van der Waals surface area (Å²) in [4.78, 5) is 0. The van der Waals surface area contributed by atoms with E-state index in [0.29, 0.717) is 6.04 Å². The molecule has 76 valence electrons. The van der Waals surface area contributed by atoms with Crippen LogP contribution in [0.15, 0.2) is 18.2 Å². The van der Waals surface area contributed by atoms with Crippen LogP contribution in [0.1, 0.15) is 12.0 Å². The zero-order chi connectivity index (χ0) is 9.97. The summed E-state index contributed by atoms with van der Waals surface area (Å²) in [6.07, 6.45) is 2.01. The van der Waals surface area contributed by atoms with Gasteiger partial charge in [0, 0.05) is 6.04 Å². The van der Waals surface area contributed by atoms with Gasteiger partial charge in [0.2, 0.25) is 0 Å². The van der Waals surface area contributed by atoms with Crippen LogP contribution >= 0.6 is 0 Å². The number of nitrogens with one attached hydrogen (secondary N) is 1. The Labute approximate surface area is 83.1 Å². The third-order valence-electron chi connectivity index (χ3n) is 2.63. The third kappa shape index (κ3) is 1.87. The van der Waals surface area contributed by atoms with Crippen LogP contribution in [0.25, 0.3) is 0 Å². The summed E-state index contributed by atoms with van der Waals surface area (Å²) in [5, 5.41) is 3.29. The number of benzene rings is 1. The highest BCUT2D eigenvalue weighted by Crippen LogP contribution is 2.22. The molecule has 3 heteroatoms. The molecule has 0 aliphatic carbocycles. The summed E-state index contributed by atoms with van der Waals surface area (Å²) in [7, 11) is 1.62. The van der Waals surface area contributed by atoms with E-state index < -0.39 is 0 Å². The maximum atomic E-state index is 13.0. The Hall–Kier alpha value is -1.09. The molecule has 0 bridgehead atoms. The monoisotopic (exact) mass is 195 g/mol. The molecule has 1 atom stereocenters. The van der Waals surface area contributed by atoms with Crippen LogP contribution in [-0.2, 0) is 6.42 Å². The standard InChI is InChI=1S/C11H14FNO/c1-14-11-3-2-9(12)6-8(11)7-10-4-5-13-10/h2-3,6,10,13H,4-5,7H2,1H3. The van der Waals surface area contributed by atoms with Gasteiger partial charge in [-0.15, -0.1) is 0 Å². The summed E-state index contributed by atoms with van der Waals surface area (Å²) in [6, 6.07) is 5.16. The van der Waals surface area contributed by atoms with Crippen molar-refractivity contribution >= 4 is 0 Å². The minimum absolute atomic E-state index is 0.194. The largest absolute Gasteiger partial charge is 0.496 e. The van der Waals surface area contributed by atoms with Crippen LogP contribution in [-0.4, -0.2) is 19.7 Å². The van der Waals surface area contributed by atoms with Gasteiger partial charge in [-0.05, 0) is 43.1 Å². The van der Waals surface area contributed by atoms with E-state index in [1.54, 1.807) is 19.2 Å². The first-order valence-corrected chi connectivity index (χ1v) is 4.85. The molecule has 1 unspecified atom stereocenters. The number of methoxy groups -OCH3 is 1. The molecular formula is C11H14FNO. The highest BCUT2D eigenvalue weighted by molar-refractivity contribution is 5.34. The molecule has 1 aliphatic heterocycles. The van der Waals surface area contributed by atoms with Gasteiger partial charge in [-0.25, -0.2) is 4.39 Å². The Morgan fingerprint density at radius 2 is 2.36 bits per heavy atom. The van der Waals surface area contributed by atoms with Gasteiger partial charge in [0.25, 0.3) is 0 Å². The van der Waals surface area contributed by atoms with E-state index in [1.165, 1.54) is 12.5 Å². The number of halogens is 1. The lowest BCUT2D eigenvalue weighted by Crippen LogP contribution is -2.44. The van der Waals surface area contributed by atoms with Crippen LogP contribution < -0.4 is 10.1 Å². The first-order valence-electron chi connectivity index (χ1n) is 4.85. The third-order valence-corrected chi connectivity index (χ3v) is 2.63. The number of rotatable bonds is 3. The fourth-order valence-electron chi connectivity index (χ4n) is 1.69. The fourth-order valence-corrected chi connectivity index (χ4v) is 1.69. The van der Waals surface area contributed by atoms with E-state index in [1.807, 2.05) is 0 Å². The Bertz CT molecular complexity index is 323. The maximum absolute atomic E-state index is 13.0. The molecule has 14 heavy (non-hydrogen) atoms. The van der Waals surface area contributed by atoms with Crippen LogP contribution in [0, 0.1) is 5.82 Å². The Balaban J connectivity index is 2.15. The molecule has 1 aliphatic rings. The Kier molecular flexibility index (Phi) is 2.68. The summed E-state index contributed by atoms with van der Waals surface area (Å²) in [6.45, 7) is 1.07.